The van der Waals surface area contributed by atoms with E-state index in [9.17, 15) is 4.79 Å². The van der Waals surface area contributed by atoms with Crippen molar-refractivity contribution < 1.29 is 9.63 Å². The lowest BCUT2D eigenvalue weighted by molar-refractivity contribution is -0.129. The predicted molar refractivity (Wildman–Crippen MR) is 80.5 cm³/mol. The molecule has 0 aliphatic carbocycles. The zero-order valence-electron chi connectivity index (χ0n) is 12.0. The molecule has 20 heavy (non-hydrogen) atoms. The van der Waals surface area contributed by atoms with Gasteiger partial charge in [-0.05, 0) is 44.5 Å². The summed E-state index contributed by atoms with van der Waals surface area (Å²) in [4.78, 5) is 18.7. The van der Waals surface area contributed by atoms with Crippen molar-refractivity contribution in [2.75, 3.05) is 7.11 Å². The van der Waals surface area contributed by atoms with E-state index in [4.69, 9.17) is 16.4 Å². The number of carbonyl (C=O) groups excluding carboxylic acids is 1. The lowest BCUT2D eigenvalue weighted by Crippen LogP contribution is -2.60. The van der Waals surface area contributed by atoms with Gasteiger partial charge in [-0.3, -0.25) is 9.69 Å². The first-order chi connectivity index (χ1) is 9.34. The molecule has 0 radical (unpaired) electrons. The Morgan fingerprint density at radius 2 is 1.85 bits per heavy atom. The minimum absolute atomic E-state index is 0.0525. The van der Waals surface area contributed by atoms with Crippen molar-refractivity contribution in [1.29, 1.82) is 0 Å². The van der Waals surface area contributed by atoms with E-state index in [1.165, 1.54) is 7.11 Å². The van der Waals surface area contributed by atoms with Crippen molar-refractivity contribution in [2.24, 2.45) is 5.16 Å². The summed E-state index contributed by atoms with van der Waals surface area (Å²) in [6.07, 6.45) is 1.79. The number of likely N-dealkylation sites (tertiary alicyclic amines) is 1. The van der Waals surface area contributed by atoms with Gasteiger partial charge in [0.05, 0.1) is 5.57 Å². The van der Waals surface area contributed by atoms with Crippen molar-refractivity contribution in [3.05, 3.63) is 40.4 Å². The Morgan fingerprint density at radius 3 is 2.35 bits per heavy atom. The minimum Gasteiger partial charge on any atom is -0.397 e. The molecule has 0 saturated carbocycles. The number of benzene rings is 1. The summed E-state index contributed by atoms with van der Waals surface area (Å²) in [5.41, 5.74) is 1.12. The van der Waals surface area contributed by atoms with E-state index in [0.717, 1.165) is 5.56 Å². The van der Waals surface area contributed by atoms with Gasteiger partial charge in [-0.25, -0.2) is 0 Å². The summed E-state index contributed by atoms with van der Waals surface area (Å²) in [6, 6.07) is 7.27. The average molecular weight is 293 g/mol. The summed E-state index contributed by atoms with van der Waals surface area (Å²) in [6.45, 7) is 5.86. The molecule has 0 N–H and O–H groups in total. The zero-order valence-corrected chi connectivity index (χ0v) is 12.7. The summed E-state index contributed by atoms with van der Waals surface area (Å²) in [7, 11) is 1.47. The third-order valence-electron chi connectivity index (χ3n) is 2.92. The smallest absolute Gasteiger partial charge is 0.263 e. The highest BCUT2D eigenvalue weighted by Gasteiger charge is 2.45. The molecule has 1 heterocycles. The molecule has 1 aromatic rings. The van der Waals surface area contributed by atoms with Gasteiger partial charge in [0.1, 0.15) is 7.11 Å². The van der Waals surface area contributed by atoms with E-state index in [2.05, 4.69) is 5.16 Å². The van der Waals surface area contributed by atoms with Gasteiger partial charge in [0, 0.05) is 10.6 Å². The molecule has 2 rings (SSSR count). The van der Waals surface area contributed by atoms with Crippen LogP contribution in [0.4, 0.5) is 0 Å². The highest BCUT2D eigenvalue weighted by Crippen LogP contribution is 2.31. The van der Waals surface area contributed by atoms with Gasteiger partial charge in [0.2, 0.25) is 0 Å². The Hall–Kier alpha value is -1.81. The lowest BCUT2D eigenvalue weighted by atomic mass is 9.93. The second-order valence-electron chi connectivity index (χ2n) is 5.52. The number of hydrogen-bond acceptors (Lipinski definition) is 3. The standard InChI is InChI=1S/C15H17ClN2O2/c1-15(2,3)18-13(17-20-4)12(14(18)19)9-10-5-7-11(16)8-6-10/h5-9H,1-4H3/b12-9+,17-13?. The van der Waals surface area contributed by atoms with E-state index in [1.54, 1.807) is 23.1 Å². The van der Waals surface area contributed by atoms with Crippen LogP contribution in [0.2, 0.25) is 5.02 Å². The number of carbonyl (C=O) groups is 1. The molecule has 0 atom stereocenters. The number of amidine groups is 1. The van der Waals surface area contributed by atoms with Gasteiger partial charge in [-0.2, -0.15) is 0 Å². The van der Waals surface area contributed by atoms with Crippen LogP contribution in [-0.4, -0.2) is 29.3 Å². The normalized spacial score (nSPS) is 19.4. The van der Waals surface area contributed by atoms with E-state index in [-0.39, 0.29) is 11.4 Å². The van der Waals surface area contributed by atoms with Gasteiger partial charge < -0.3 is 4.84 Å². The second kappa shape index (κ2) is 5.29. The van der Waals surface area contributed by atoms with Crippen LogP contribution < -0.4 is 0 Å². The minimum atomic E-state index is -0.328. The maximum absolute atomic E-state index is 12.3. The zero-order chi connectivity index (χ0) is 14.9. The molecule has 0 unspecified atom stereocenters. The van der Waals surface area contributed by atoms with Gasteiger partial charge >= 0.3 is 0 Å². The number of amides is 1. The van der Waals surface area contributed by atoms with Crippen LogP contribution in [0.15, 0.2) is 35.0 Å². The predicted octanol–water partition coefficient (Wildman–Crippen LogP) is 3.32. The highest BCUT2D eigenvalue weighted by atomic mass is 35.5. The lowest BCUT2D eigenvalue weighted by Gasteiger charge is -2.43. The van der Waals surface area contributed by atoms with Crippen LogP contribution in [0.3, 0.4) is 0 Å². The van der Waals surface area contributed by atoms with E-state index in [0.29, 0.717) is 16.4 Å². The summed E-state index contributed by atoms with van der Waals surface area (Å²) in [5, 5.41) is 4.61. The number of rotatable bonds is 2. The Bertz CT molecular complexity index is 583. The van der Waals surface area contributed by atoms with E-state index in [1.807, 2.05) is 32.9 Å². The van der Waals surface area contributed by atoms with Gasteiger partial charge in [0.25, 0.3) is 5.91 Å². The summed E-state index contributed by atoms with van der Waals surface area (Å²) in [5.74, 6) is 0.503. The van der Waals surface area contributed by atoms with Gasteiger partial charge in [-0.1, -0.05) is 28.9 Å². The van der Waals surface area contributed by atoms with Crippen molar-refractivity contribution >= 4 is 29.4 Å². The molecule has 1 aromatic carbocycles. The fourth-order valence-corrected chi connectivity index (χ4v) is 2.16. The van der Waals surface area contributed by atoms with Crippen LogP contribution in [0.1, 0.15) is 26.3 Å². The third kappa shape index (κ3) is 2.70. The molecule has 4 nitrogen and oxygen atoms in total. The third-order valence-corrected chi connectivity index (χ3v) is 3.17. The SMILES string of the molecule is CON=C1/C(=C\c2ccc(Cl)cc2)C(=O)N1C(C)(C)C. The maximum Gasteiger partial charge on any atom is 0.263 e. The monoisotopic (exact) mass is 292 g/mol. The Kier molecular flexibility index (Phi) is 3.86. The molecule has 1 saturated heterocycles. The molecular weight excluding hydrogens is 276 g/mol. The molecule has 1 aliphatic heterocycles. The first-order valence-corrected chi connectivity index (χ1v) is 6.66. The maximum atomic E-state index is 12.3. The van der Waals surface area contributed by atoms with Crippen molar-refractivity contribution in [2.45, 2.75) is 26.3 Å². The van der Waals surface area contributed by atoms with Crippen molar-refractivity contribution in [3.63, 3.8) is 0 Å². The fraction of sp³-hybridized carbons (Fsp3) is 0.333. The van der Waals surface area contributed by atoms with Crippen LogP contribution in [0.5, 0.6) is 0 Å². The van der Waals surface area contributed by atoms with Gasteiger partial charge in [0.15, 0.2) is 5.84 Å². The molecule has 1 aliphatic rings. The molecule has 0 bridgehead atoms. The van der Waals surface area contributed by atoms with Crippen LogP contribution in [0, 0.1) is 0 Å². The second-order valence-corrected chi connectivity index (χ2v) is 5.95. The molecule has 0 spiro atoms. The molecular formula is C15H17ClN2O2. The van der Waals surface area contributed by atoms with Crippen molar-refractivity contribution in [3.8, 4) is 0 Å². The number of halogens is 1. The number of oxime groups is 1. The number of hydrogen-bond donors (Lipinski definition) is 0. The van der Waals surface area contributed by atoms with Gasteiger partial charge in [-0.15, -0.1) is 0 Å². The van der Waals surface area contributed by atoms with E-state index >= 15 is 0 Å². The fourth-order valence-electron chi connectivity index (χ4n) is 2.03. The topological polar surface area (TPSA) is 41.9 Å². The van der Waals surface area contributed by atoms with Crippen LogP contribution in [0.25, 0.3) is 6.08 Å². The van der Waals surface area contributed by atoms with E-state index < -0.39 is 0 Å². The summed E-state index contributed by atoms with van der Waals surface area (Å²) < 4.78 is 0. The molecule has 1 amide bonds. The quantitative estimate of drug-likeness (QED) is 0.477. The molecule has 5 heteroatoms. The number of β-lactam (4-membered cyclic amide) rings is 1. The largest absolute Gasteiger partial charge is 0.397 e. The highest BCUT2D eigenvalue weighted by molar-refractivity contribution is 6.38. The molecule has 106 valence electrons. The first kappa shape index (κ1) is 14.6. The Morgan fingerprint density at radius 1 is 1.25 bits per heavy atom. The average Bonchev–Trinajstić information content (AvgIpc) is 2.36. The number of nitrogens with zero attached hydrogens (tertiary/aromatic N) is 2. The van der Waals surface area contributed by atoms with Crippen molar-refractivity contribution in [1.82, 2.24) is 4.90 Å². The van der Waals surface area contributed by atoms with Crippen LogP contribution in [-0.2, 0) is 9.63 Å². The molecule has 1 fully saturated rings. The Labute approximate surface area is 123 Å². The summed E-state index contributed by atoms with van der Waals surface area (Å²) >= 11 is 5.85. The Balaban J connectivity index is 2.35. The van der Waals surface area contributed by atoms with Crippen LogP contribution >= 0.6 is 11.6 Å². The molecule has 0 aromatic heterocycles. The first-order valence-electron chi connectivity index (χ1n) is 6.28.